The number of nitrogens with one attached hydrogen (secondary N) is 1. The summed E-state index contributed by atoms with van der Waals surface area (Å²) in [4.78, 5) is 21.4. The molecule has 0 aromatic heterocycles. The number of carbonyl (C=O) groups is 2. The maximum absolute atomic E-state index is 10.8. The molecule has 0 bridgehead atoms. The standard InChI is InChI=1S/C8H13NO5/c1-3-4-14-8(12)9-5-6(10)7(11)13-2/h3,6,10H,1,4-5H2,2H3,(H,9,12). The minimum absolute atomic E-state index is 0.0696. The molecule has 0 aliphatic heterocycles. The number of esters is 1. The topological polar surface area (TPSA) is 84.9 Å². The van der Waals surface area contributed by atoms with Crippen LogP contribution < -0.4 is 5.32 Å². The van der Waals surface area contributed by atoms with Crippen LogP contribution in [0.25, 0.3) is 0 Å². The SMILES string of the molecule is C=CCOC(=O)NCC(O)C(=O)OC. The van der Waals surface area contributed by atoms with E-state index < -0.39 is 18.2 Å². The highest BCUT2D eigenvalue weighted by Crippen LogP contribution is 1.86. The molecule has 0 radical (unpaired) electrons. The van der Waals surface area contributed by atoms with Crippen molar-refractivity contribution in [3.63, 3.8) is 0 Å². The van der Waals surface area contributed by atoms with Crippen LogP contribution in [0.4, 0.5) is 4.79 Å². The fourth-order valence-electron chi connectivity index (χ4n) is 0.585. The minimum Gasteiger partial charge on any atom is -0.467 e. The number of amides is 1. The number of methoxy groups -OCH3 is 1. The number of carbonyl (C=O) groups excluding carboxylic acids is 2. The third-order valence-corrected chi connectivity index (χ3v) is 1.25. The van der Waals surface area contributed by atoms with Gasteiger partial charge >= 0.3 is 12.1 Å². The molecule has 0 fully saturated rings. The second kappa shape index (κ2) is 6.90. The summed E-state index contributed by atoms with van der Waals surface area (Å²) in [6.07, 6.45) is -0.708. The van der Waals surface area contributed by atoms with Crippen molar-refractivity contribution >= 4 is 12.1 Å². The van der Waals surface area contributed by atoms with E-state index in [0.717, 1.165) is 7.11 Å². The normalized spacial score (nSPS) is 11.3. The number of hydrogen-bond donors (Lipinski definition) is 2. The van der Waals surface area contributed by atoms with Crippen LogP contribution in [-0.4, -0.2) is 43.5 Å². The first-order valence-electron chi connectivity index (χ1n) is 3.89. The van der Waals surface area contributed by atoms with E-state index in [9.17, 15) is 9.59 Å². The van der Waals surface area contributed by atoms with Gasteiger partial charge in [0.1, 0.15) is 6.61 Å². The van der Waals surface area contributed by atoms with Gasteiger partial charge in [-0.25, -0.2) is 9.59 Å². The first-order valence-corrected chi connectivity index (χ1v) is 3.89. The van der Waals surface area contributed by atoms with Crippen LogP contribution in [0.1, 0.15) is 0 Å². The van der Waals surface area contributed by atoms with Gasteiger partial charge in [-0.15, -0.1) is 0 Å². The third kappa shape index (κ3) is 5.15. The molecule has 0 rings (SSSR count). The number of ether oxygens (including phenoxy) is 2. The lowest BCUT2D eigenvalue weighted by Crippen LogP contribution is -2.37. The zero-order valence-corrected chi connectivity index (χ0v) is 7.86. The van der Waals surface area contributed by atoms with Gasteiger partial charge in [-0.3, -0.25) is 0 Å². The molecular formula is C8H13NO5. The van der Waals surface area contributed by atoms with Crippen molar-refractivity contribution < 1.29 is 24.2 Å². The van der Waals surface area contributed by atoms with Crippen molar-refractivity contribution in [3.8, 4) is 0 Å². The molecule has 0 saturated carbocycles. The Morgan fingerprint density at radius 2 is 2.29 bits per heavy atom. The first kappa shape index (κ1) is 12.4. The van der Waals surface area contributed by atoms with Crippen LogP contribution in [-0.2, 0) is 14.3 Å². The molecule has 0 aliphatic carbocycles. The Bertz CT molecular complexity index is 216. The van der Waals surface area contributed by atoms with Crippen molar-refractivity contribution in [2.75, 3.05) is 20.3 Å². The minimum atomic E-state index is -1.38. The van der Waals surface area contributed by atoms with Crippen molar-refractivity contribution in [1.82, 2.24) is 5.32 Å². The van der Waals surface area contributed by atoms with Gasteiger partial charge in [0.2, 0.25) is 0 Å². The Kier molecular flexibility index (Phi) is 6.13. The molecule has 2 N–H and O–H groups in total. The van der Waals surface area contributed by atoms with Gasteiger partial charge in [0, 0.05) is 0 Å². The highest BCUT2D eigenvalue weighted by molar-refractivity contribution is 5.75. The van der Waals surface area contributed by atoms with Crippen molar-refractivity contribution in [1.29, 1.82) is 0 Å². The second-order valence-corrected chi connectivity index (χ2v) is 2.31. The maximum Gasteiger partial charge on any atom is 0.407 e. The number of hydrogen-bond acceptors (Lipinski definition) is 5. The van der Waals surface area contributed by atoms with Gasteiger partial charge in [-0.2, -0.15) is 0 Å². The van der Waals surface area contributed by atoms with Gasteiger partial charge in [0.15, 0.2) is 6.10 Å². The molecule has 80 valence electrons. The Morgan fingerprint density at radius 3 is 2.79 bits per heavy atom. The quantitative estimate of drug-likeness (QED) is 0.462. The Morgan fingerprint density at radius 1 is 1.64 bits per heavy atom. The molecule has 6 nitrogen and oxygen atoms in total. The van der Waals surface area contributed by atoms with E-state index in [0.29, 0.717) is 0 Å². The molecule has 1 atom stereocenters. The van der Waals surface area contributed by atoms with Crippen LogP contribution in [0.3, 0.4) is 0 Å². The van der Waals surface area contributed by atoms with Crippen molar-refractivity contribution in [3.05, 3.63) is 12.7 Å². The molecule has 0 spiro atoms. The van der Waals surface area contributed by atoms with Crippen LogP contribution in [0.5, 0.6) is 0 Å². The van der Waals surface area contributed by atoms with Crippen LogP contribution in [0.15, 0.2) is 12.7 Å². The molecule has 0 aromatic rings. The summed E-state index contributed by atoms with van der Waals surface area (Å²) >= 11 is 0. The summed E-state index contributed by atoms with van der Waals surface area (Å²) in [5.41, 5.74) is 0. The molecule has 14 heavy (non-hydrogen) atoms. The van der Waals surface area contributed by atoms with Crippen molar-refractivity contribution in [2.45, 2.75) is 6.10 Å². The lowest BCUT2D eigenvalue weighted by Gasteiger charge is -2.09. The molecule has 6 heteroatoms. The zero-order valence-electron chi connectivity index (χ0n) is 7.86. The fraction of sp³-hybridized carbons (Fsp3) is 0.500. The van der Waals surface area contributed by atoms with Gasteiger partial charge in [-0.1, -0.05) is 12.7 Å². The van der Waals surface area contributed by atoms with E-state index in [1.165, 1.54) is 6.08 Å². The average Bonchev–Trinajstić information content (AvgIpc) is 2.21. The predicted octanol–water partition coefficient (Wildman–Crippen LogP) is -0.568. The van der Waals surface area contributed by atoms with E-state index in [2.05, 4.69) is 21.4 Å². The summed E-state index contributed by atoms with van der Waals surface area (Å²) in [6.45, 7) is 3.16. The van der Waals surface area contributed by atoms with Gasteiger partial charge in [-0.05, 0) is 0 Å². The summed E-state index contributed by atoms with van der Waals surface area (Å²) in [5.74, 6) is -0.811. The maximum atomic E-state index is 10.8. The highest BCUT2D eigenvalue weighted by Gasteiger charge is 2.16. The van der Waals surface area contributed by atoms with E-state index in [4.69, 9.17) is 5.11 Å². The van der Waals surface area contributed by atoms with Crippen LogP contribution in [0, 0.1) is 0 Å². The summed E-state index contributed by atoms with van der Waals surface area (Å²) in [5, 5.41) is 11.2. The number of aliphatic hydroxyl groups is 1. The Hall–Kier alpha value is -1.56. The molecule has 1 amide bonds. The Labute approximate surface area is 81.5 Å². The van der Waals surface area contributed by atoms with Gasteiger partial charge in [0.25, 0.3) is 0 Å². The van der Waals surface area contributed by atoms with Crippen LogP contribution >= 0.6 is 0 Å². The van der Waals surface area contributed by atoms with E-state index in [1.807, 2.05) is 0 Å². The summed E-state index contributed by atoms with van der Waals surface area (Å²) in [7, 11) is 1.14. The molecule has 1 unspecified atom stereocenters. The third-order valence-electron chi connectivity index (χ3n) is 1.25. The smallest absolute Gasteiger partial charge is 0.407 e. The number of alkyl carbamates (subject to hydrolysis) is 1. The van der Waals surface area contributed by atoms with Gasteiger partial charge < -0.3 is 19.9 Å². The molecule has 0 saturated heterocycles. The Balaban J connectivity index is 3.65. The molecular weight excluding hydrogens is 190 g/mol. The van der Waals surface area contributed by atoms with E-state index >= 15 is 0 Å². The first-order chi connectivity index (χ1) is 6.61. The number of aliphatic hydroxyl groups excluding tert-OH is 1. The van der Waals surface area contributed by atoms with E-state index in [1.54, 1.807) is 0 Å². The molecule has 0 aromatic carbocycles. The van der Waals surface area contributed by atoms with Crippen LogP contribution in [0.2, 0.25) is 0 Å². The lowest BCUT2D eigenvalue weighted by molar-refractivity contribution is -0.149. The summed E-state index contributed by atoms with van der Waals surface area (Å²) in [6, 6.07) is 0. The molecule has 0 aliphatic rings. The van der Waals surface area contributed by atoms with Crippen molar-refractivity contribution in [2.24, 2.45) is 0 Å². The second-order valence-electron chi connectivity index (χ2n) is 2.31. The zero-order chi connectivity index (χ0) is 11.0. The molecule has 0 heterocycles. The van der Waals surface area contributed by atoms with Gasteiger partial charge in [0.05, 0.1) is 13.7 Å². The fourth-order valence-corrected chi connectivity index (χ4v) is 0.585. The largest absolute Gasteiger partial charge is 0.467 e. The monoisotopic (exact) mass is 203 g/mol. The predicted molar refractivity (Wildman–Crippen MR) is 47.6 cm³/mol. The lowest BCUT2D eigenvalue weighted by atomic mass is 10.3. The average molecular weight is 203 g/mol. The number of rotatable bonds is 5. The van der Waals surface area contributed by atoms with E-state index in [-0.39, 0.29) is 13.2 Å². The summed E-state index contributed by atoms with van der Waals surface area (Å²) < 4.78 is 8.75. The highest BCUT2D eigenvalue weighted by atomic mass is 16.6.